The van der Waals surface area contributed by atoms with Crippen LogP contribution in [0.25, 0.3) is 11.3 Å². The third-order valence-corrected chi connectivity index (χ3v) is 5.91. The van der Waals surface area contributed by atoms with Crippen LogP contribution in [0.2, 0.25) is 0 Å². The van der Waals surface area contributed by atoms with Gasteiger partial charge in [0.25, 0.3) is 0 Å². The summed E-state index contributed by atoms with van der Waals surface area (Å²) in [5, 5.41) is 12.0. The largest absolute Gasteiger partial charge is 0.353 e. The van der Waals surface area contributed by atoms with E-state index >= 15 is 0 Å². The van der Waals surface area contributed by atoms with E-state index < -0.39 is 0 Å². The summed E-state index contributed by atoms with van der Waals surface area (Å²) in [5.74, 6) is -0.164. The van der Waals surface area contributed by atoms with Crippen molar-refractivity contribution >= 4 is 5.91 Å². The summed E-state index contributed by atoms with van der Waals surface area (Å²) in [4.78, 5) is 14.8. The van der Waals surface area contributed by atoms with Gasteiger partial charge < -0.3 is 5.32 Å². The molecule has 164 valence electrons. The van der Waals surface area contributed by atoms with Gasteiger partial charge in [-0.05, 0) is 56.2 Å². The van der Waals surface area contributed by atoms with Crippen LogP contribution in [0.5, 0.6) is 0 Å². The Hall–Kier alpha value is -3.00. The van der Waals surface area contributed by atoms with E-state index in [4.69, 9.17) is 0 Å². The maximum Gasteiger partial charge on any atom is 0.222 e. The number of carbonyl (C=O) groups is 1. The van der Waals surface area contributed by atoms with Crippen molar-refractivity contribution in [1.29, 1.82) is 0 Å². The van der Waals surface area contributed by atoms with Crippen LogP contribution in [0.3, 0.4) is 0 Å². The minimum Gasteiger partial charge on any atom is -0.353 e. The molecule has 2 aromatic heterocycles. The number of amides is 1. The number of halogens is 1. The standard InChI is InChI=1S/C23H29FN6O/c1-17(30-11-3-10-25-30)14-23(31)26-20-8-12-29(13-9-20)16-21-15-22(27-28(21)2)18-4-6-19(24)7-5-18/h3-7,10-11,15,17,20H,8-9,12-14,16H2,1-2H3,(H,26,31)/t17-/m1/s1. The third kappa shape index (κ3) is 5.38. The summed E-state index contributed by atoms with van der Waals surface area (Å²) < 4.78 is 16.9. The van der Waals surface area contributed by atoms with Crippen molar-refractivity contribution in [3.8, 4) is 11.3 Å². The lowest BCUT2D eigenvalue weighted by Crippen LogP contribution is -2.44. The lowest BCUT2D eigenvalue weighted by atomic mass is 10.0. The maximum atomic E-state index is 13.2. The number of hydrogen-bond acceptors (Lipinski definition) is 4. The first-order chi connectivity index (χ1) is 15.0. The van der Waals surface area contributed by atoms with Gasteiger partial charge >= 0.3 is 0 Å². The van der Waals surface area contributed by atoms with E-state index in [1.54, 1.807) is 18.3 Å². The molecule has 1 atom stereocenters. The van der Waals surface area contributed by atoms with E-state index in [2.05, 4.69) is 26.5 Å². The molecule has 7 nitrogen and oxygen atoms in total. The van der Waals surface area contributed by atoms with Crippen LogP contribution in [-0.4, -0.2) is 49.5 Å². The van der Waals surface area contributed by atoms with E-state index in [0.717, 1.165) is 49.4 Å². The molecule has 31 heavy (non-hydrogen) atoms. The van der Waals surface area contributed by atoms with Gasteiger partial charge in [-0.15, -0.1) is 0 Å². The number of piperidine rings is 1. The molecular formula is C23H29FN6O. The molecule has 0 spiro atoms. The van der Waals surface area contributed by atoms with Gasteiger partial charge in [-0.1, -0.05) is 0 Å². The second-order valence-corrected chi connectivity index (χ2v) is 8.31. The SMILES string of the molecule is C[C@H](CC(=O)NC1CCN(Cc2cc(-c3ccc(F)cc3)nn2C)CC1)n1cccn1. The van der Waals surface area contributed by atoms with Crippen molar-refractivity contribution in [3.63, 3.8) is 0 Å². The number of hydrogen-bond donors (Lipinski definition) is 1. The molecule has 1 N–H and O–H groups in total. The van der Waals surface area contributed by atoms with Crippen LogP contribution in [0.1, 0.15) is 37.9 Å². The summed E-state index contributed by atoms with van der Waals surface area (Å²) in [5.41, 5.74) is 2.88. The fourth-order valence-electron chi connectivity index (χ4n) is 4.07. The maximum absolute atomic E-state index is 13.2. The van der Waals surface area contributed by atoms with Crippen LogP contribution >= 0.6 is 0 Å². The first-order valence-electron chi connectivity index (χ1n) is 10.8. The molecule has 4 rings (SSSR count). The number of aromatic nitrogens is 4. The second-order valence-electron chi connectivity index (χ2n) is 8.31. The second kappa shape index (κ2) is 9.43. The Morgan fingerprint density at radius 3 is 2.68 bits per heavy atom. The molecule has 1 amide bonds. The highest BCUT2D eigenvalue weighted by molar-refractivity contribution is 5.76. The van der Waals surface area contributed by atoms with Gasteiger partial charge in [0.15, 0.2) is 0 Å². The Morgan fingerprint density at radius 2 is 2.00 bits per heavy atom. The quantitative estimate of drug-likeness (QED) is 0.633. The van der Waals surface area contributed by atoms with Crippen LogP contribution < -0.4 is 5.32 Å². The summed E-state index contributed by atoms with van der Waals surface area (Å²) >= 11 is 0. The average molecular weight is 425 g/mol. The number of rotatable bonds is 7. The molecule has 0 bridgehead atoms. The third-order valence-electron chi connectivity index (χ3n) is 5.91. The Kier molecular flexibility index (Phi) is 6.46. The lowest BCUT2D eigenvalue weighted by molar-refractivity contribution is -0.122. The number of benzene rings is 1. The molecule has 8 heteroatoms. The van der Waals surface area contributed by atoms with Crippen molar-refractivity contribution in [3.05, 3.63) is 60.3 Å². The summed E-state index contributed by atoms with van der Waals surface area (Å²) in [6.45, 7) is 4.67. The van der Waals surface area contributed by atoms with Gasteiger partial charge in [-0.2, -0.15) is 10.2 Å². The lowest BCUT2D eigenvalue weighted by Gasteiger charge is -2.32. The predicted octanol–water partition coefficient (Wildman–Crippen LogP) is 3.15. The van der Waals surface area contributed by atoms with Gasteiger partial charge in [-0.3, -0.25) is 19.1 Å². The topological polar surface area (TPSA) is 68.0 Å². The van der Waals surface area contributed by atoms with E-state index in [1.165, 1.54) is 12.1 Å². The normalized spacial score (nSPS) is 16.4. The van der Waals surface area contributed by atoms with Crippen molar-refractivity contribution in [1.82, 2.24) is 29.8 Å². The van der Waals surface area contributed by atoms with Gasteiger partial charge in [0.1, 0.15) is 5.82 Å². The predicted molar refractivity (Wildman–Crippen MR) is 117 cm³/mol. The molecule has 1 aromatic carbocycles. The molecule has 0 aliphatic carbocycles. The Labute approximate surface area is 181 Å². The number of nitrogens with zero attached hydrogens (tertiary/aromatic N) is 5. The zero-order valence-electron chi connectivity index (χ0n) is 18.0. The van der Waals surface area contributed by atoms with Crippen LogP contribution in [0, 0.1) is 5.82 Å². The van der Waals surface area contributed by atoms with Gasteiger partial charge in [0, 0.05) is 57.1 Å². The molecular weight excluding hydrogens is 395 g/mol. The van der Waals surface area contributed by atoms with Crippen LogP contribution in [0.4, 0.5) is 4.39 Å². The van der Waals surface area contributed by atoms with Crippen LogP contribution in [-0.2, 0) is 18.4 Å². The summed E-state index contributed by atoms with van der Waals surface area (Å²) in [6.07, 6.45) is 5.92. The van der Waals surface area contributed by atoms with E-state index in [0.29, 0.717) is 6.42 Å². The van der Waals surface area contributed by atoms with Crippen molar-refractivity contribution in [2.45, 2.75) is 44.8 Å². The van der Waals surface area contributed by atoms with Crippen molar-refractivity contribution in [2.24, 2.45) is 7.05 Å². The van der Waals surface area contributed by atoms with E-state index in [-0.39, 0.29) is 23.8 Å². The number of aryl methyl sites for hydroxylation is 1. The van der Waals surface area contributed by atoms with Crippen molar-refractivity contribution < 1.29 is 9.18 Å². The highest BCUT2D eigenvalue weighted by atomic mass is 19.1. The Balaban J connectivity index is 1.26. The van der Waals surface area contributed by atoms with Gasteiger partial charge in [-0.25, -0.2) is 4.39 Å². The summed E-state index contributed by atoms with van der Waals surface area (Å²) in [6, 6.07) is 10.6. The van der Waals surface area contributed by atoms with Gasteiger partial charge in [0.05, 0.1) is 17.4 Å². The van der Waals surface area contributed by atoms with Gasteiger partial charge in [0.2, 0.25) is 5.91 Å². The fourth-order valence-corrected chi connectivity index (χ4v) is 4.07. The zero-order chi connectivity index (χ0) is 21.8. The number of nitrogens with one attached hydrogen (secondary N) is 1. The first kappa shape index (κ1) is 21.2. The van der Waals surface area contributed by atoms with Crippen LogP contribution in [0.15, 0.2) is 48.8 Å². The molecule has 1 fully saturated rings. The highest BCUT2D eigenvalue weighted by Crippen LogP contribution is 2.21. The molecule has 0 unspecified atom stereocenters. The zero-order valence-corrected chi connectivity index (χ0v) is 18.0. The molecule has 1 aliphatic heterocycles. The molecule has 1 saturated heterocycles. The smallest absolute Gasteiger partial charge is 0.222 e. The van der Waals surface area contributed by atoms with Crippen molar-refractivity contribution in [2.75, 3.05) is 13.1 Å². The first-order valence-corrected chi connectivity index (χ1v) is 10.8. The number of likely N-dealkylation sites (tertiary alicyclic amines) is 1. The minimum atomic E-state index is -0.245. The Morgan fingerprint density at radius 1 is 1.26 bits per heavy atom. The molecule has 1 aliphatic rings. The number of carbonyl (C=O) groups excluding carboxylic acids is 1. The minimum absolute atomic E-state index is 0.0511. The average Bonchev–Trinajstić information content (AvgIpc) is 3.41. The van der Waals surface area contributed by atoms with E-state index in [9.17, 15) is 9.18 Å². The van der Waals surface area contributed by atoms with E-state index in [1.807, 2.05) is 35.6 Å². The molecule has 0 radical (unpaired) electrons. The Bertz CT molecular complexity index is 990. The molecule has 0 saturated carbocycles. The molecule has 3 aromatic rings. The monoisotopic (exact) mass is 424 g/mol. The fraction of sp³-hybridized carbons (Fsp3) is 0.435. The summed E-state index contributed by atoms with van der Waals surface area (Å²) in [7, 11) is 1.94. The molecule has 3 heterocycles. The highest BCUT2D eigenvalue weighted by Gasteiger charge is 2.22.